The van der Waals surface area contributed by atoms with Crippen LogP contribution in [0.15, 0.2) is 12.3 Å². The molecule has 9 heteroatoms. The van der Waals surface area contributed by atoms with Gasteiger partial charge in [0.25, 0.3) is 11.6 Å². The van der Waals surface area contributed by atoms with Crippen molar-refractivity contribution in [3.63, 3.8) is 0 Å². The Hall–Kier alpha value is -2.42. The summed E-state index contributed by atoms with van der Waals surface area (Å²) >= 11 is 0. The molecule has 1 aromatic heterocycles. The smallest absolute Gasteiger partial charge is 0.328 e. The van der Waals surface area contributed by atoms with Crippen LogP contribution in [0.3, 0.4) is 0 Å². The van der Waals surface area contributed by atoms with Gasteiger partial charge in [-0.05, 0) is 0 Å². The Morgan fingerprint density at radius 2 is 2.22 bits per heavy atom. The largest absolute Gasteiger partial charge is 0.480 e. The molecule has 1 atom stereocenters. The number of nitrogens with zero attached hydrogens (tertiary/aromatic N) is 2. The van der Waals surface area contributed by atoms with Crippen LogP contribution in [0.4, 0.5) is 5.69 Å². The van der Waals surface area contributed by atoms with E-state index in [-0.39, 0.29) is 11.4 Å². The molecule has 1 amide bonds. The molecule has 3 N–H and O–H groups in total. The second-order valence-corrected chi connectivity index (χ2v) is 3.50. The highest BCUT2D eigenvalue weighted by Gasteiger charge is 2.23. The fourth-order valence-electron chi connectivity index (χ4n) is 1.29. The first kappa shape index (κ1) is 13.6. The SMILES string of the molecule is Cn1cc([N+](=O)[O-])cc1C(=O)N[C@@H](CO)C(=O)O. The van der Waals surface area contributed by atoms with Crippen LogP contribution < -0.4 is 5.32 Å². The summed E-state index contributed by atoms with van der Waals surface area (Å²) in [7, 11) is 1.41. The second kappa shape index (κ2) is 5.27. The van der Waals surface area contributed by atoms with Crippen molar-refractivity contribution in [1.29, 1.82) is 0 Å². The van der Waals surface area contributed by atoms with Crippen molar-refractivity contribution in [2.45, 2.75) is 6.04 Å². The molecule has 0 saturated heterocycles. The molecule has 98 valence electrons. The fraction of sp³-hybridized carbons (Fsp3) is 0.333. The summed E-state index contributed by atoms with van der Waals surface area (Å²) in [6.45, 7) is -0.770. The van der Waals surface area contributed by atoms with E-state index in [1.165, 1.54) is 11.6 Å². The highest BCUT2D eigenvalue weighted by atomic mass is 16.6. The van der Waals surface area contributed by atoms with E-state index in [0.717, 1.165) is 12.3 Å². The molecule has 0 aliphatic rings. The topological polar surface area (TPSA) is 135 Å². The van der Waals surface area contributed by atoms with Gasteiger partial charge < -0.3 is 20.1 Å². The van der Waals surface area contributed by atoms with Crippen LogP contribution >= 0.6 is 0 Å². The maximum absolute atomic E-state index is 11.6. The number of carbonyl (C=O) groups excluding carboxylic acids is 1. The minimum Gasteiger partial charge on any atom is -0.480 e. The molecule has 0 fully saturated rings. The first-order chi connectivity index (χ1) is 8.36. The summed E-state index contributed by atoms with van der Waals surface area (Å²) in [5.74, 6) is -2.21. The number of nitro groups is 1. The summed E-state index contributed by atoms with van der Waals surface area (Å²) in [5.41, 5.74) is -0.347. The van der Waals surface area contributed by atoms with Gasteiger partial charge in [-0.15, -0.1) is 0 Å². The number of aryl methyl sites for hydroxylation is 1. The van der Waals surface area contributed by atoms with Crippen molar-refractivity contribution >= 4 is 17.6 Å². The first-order valence-electron chi connectivity index (χ1n) is 4.82. The molecule has 0 saturated carbocycles. The lowest BCUT2D eigenvalue weighted by Crippen LogP contribution is -2.43. The van der Waals surface area contributed by atoms with Gasteiger partial charge in [0.05, 0.1) is 17.7 Å². The van der Waals surface area contributed by atoms with Crippen LogP contribution in [0, 0.1) is 10.1 Å². The summed E-state index contributed by atoms with van der Waals surface area (Å²) in [5, 5.41) is 29.9. The fourth-order valence-corrected chi connectivity index (χ4v) is 1.29. The van der Waals surface area contributed by atoms with Crippen molar-refractivity contribution in [3.8, 4) is 0 Å². The zero-order valence-electron chi connectivity index (χ0n) is 9.36. The van der Waals surface area contributed by atoms with Crippen LogP contribution in [-0.4, -0.2) is 44.2 Å². The van der Waals surface area contributed by atoms with E-state index >= 15 is 0 Å². The van der Waals surface area contributed by atoms with E-state index in [9.17, 15) is 19.7 Å². The lowest BCUT2D eigenvalue weighted by Gasteiger charge is -2.11. The molecule has 1 heterocycles. The number of aromatic nitrogens is 1. The number of hydrogen-bond acceptors (Lipinski definition) is 5. The molecule has 0 unspecified atom stereocenters. The van der Waals surface area contributed by atoms with Crippen molar-refractivity contribution in [2.24, 2.45) is 7.05 Å². The predicted octanol–water partition coefficient (Wildman–Crippen LogP) is -0.891. The highest BCUT2D eigenvalue weighted by molar-refractivity contribution is 5.96. The first-order valence-corrected chi connectivity index (χ1v) is 4.82. The van der Waals surface area contributed by atoms with Gasteiger partial charge in [0.2, 0.25) is 0 Å². The van der Waals surface area contributed by atoms with Gasteiger partial charge in [0, 0.05) is 13.1 Å². The molecular weight excluding hydrogens is 246 g/mol. The monoisotopic (exact) mass is 257 g/mol. The van der Waals surface area contributed by atoms with Gasteiger partial charge in [-0.2, -0.15) is 0 Å². The Morgan fingerprint density at radius 3 is 2.61 bits per heavy atom. The van der Waals surface area contributed by atoms with E-state index in [2.05, 4.69) is 0 Å². The summed E-state index contributed by atoms with van der Waals surface area (Å²) < 4.78 is 1.20. The Morgan fingerprint density at radius 1 is 1.61 bits per heavy atom. The third-order valence-electron chi connectivity index (χ3n) is 2.22. The summed E-state index contributed by atoms with van der Waals surface area (Å²) in [4.78, 5) is 32.1. The number of aliphatic carboxylic acids is 1. The Balaban J connectivity index is 2.90. The lowest BCUT2D eigenvalue weighted by molar-refractivity contribution is -0.384. The van der Waals surface area contributed by atoms with E-state index < -0.39 is 29.4 Å². The van der Waals surface area contributed by atoms with Crippen LogP contribution in [0.5, 0.6) is 0 Å². The number of amides is 1. The average molecular weight is 257 g/mol. The van der Waals surface area contributed by atoms with Crippen molar-refractivity contribution in [3.05, 3.63) is 28.1 Å². The molecule has 9 nitrogen and oxygen atoms in total. The number of hydrogen-bond donors (Lipinski definition) is 3. The number of nitrogens with one attached hydrogen (secondary N) is 1. The number of rotatable bonds is 5. The second-order valence-electron chi connectivity index (χ2n) is 3.50. The van der Waals surface area contributed by atoms with Gasteiger partial charge >= 0.3 is 5.97 Å². The van der Waals surface area contributed by atoms with E-state index in [4.69, 9.17) is 10.2 Å². The third kappa shape index (κ3) is 2.83. The van der Waals surface area contributed by atoms with Crippen molar-refractivity contribution in [1.82, 2.24) is 9.88 Å². The van der Waals surface area contributed by atoms with Crippen molar-refractivity contribution in [2.75, 3.05) is 6.61 Å². The van der Waals surface area contributed by atoms with Crippen LogP contribution in [0.2, 0.25) is 0 Å². The van der Waals surface area contributed by atoms with Gasteiger partial charge in [0.1, 0.15) is 5.69 Å². The number of carbonyl (C=O) groups is 2. The zero-order chi connectivity index (χ0) is 13.9. The molecule has 1 aromatic rings. The quantitative estimate of drug-likeness (QED) is 0.462. The van der Waals surface area contributed by atoms with Gasteiger partial charge in [0.15, 0.2) is 6.04 Å². The lowest BCUT2D eigenvalue weighted by atomic mass is 10.3. The minimum absolute atomic E-state index is 0.0681. The van der Waals surface area contributed by atoms with E-state index in [1.54, 1.807) is 0 Å². The molecular formula is C9H11N3O6. The van der Waals surface area contributed by atoms with Gasteiger partial charge in [-0.3, -0.25) is 14.9 Å². The maximum atomic E-state index is 11.6. The molecule has 0 bridgehead atoms. The molecule has 0 spiro atoms. The van der Waals surface area contributed by atoms with E-state index in [0.29, 0.717) is 0 Å². The Kier molecular flexibility index (Phi) is 4.00. The predicted molar refractivity (Wildman–Crippen MR) is 58.0 cm³/mol. The zero-order valence-corrected chi connectivity index (χ0v) is 9.36. The van der Waals surface area contributed by atoms with Gasteiger partial charge in [-0.25, -0.2) is 4.79 Å². The van der Waals surface area contributed by atoms with Gasteiger partial charge in [-0.1, -0.05) is 0 Å². The summed E-state index contributed by atoms with van der Waals surface area (Å²) in [6.07, 6.45) is 1.13. The van der Waals surface area contributed by atoms with Crippen LogP contribution in [0.1, 0.15) is 10.5 Å². The number of aliphatic hydroxyl groups is 1. The molecule has 0 radical (unpaired) electrons. The molecule has 0 aliphatic heterocycles. The maximum Gasteiger partial charge on any atom is 0.328 e. The normalized spacial score (nSPS) is 11.9. The summed E-state index contributed by atoms with van der Waals surface area (Å²) in [6, 6.07) is -0.433. The standard InChI is InChI=1S/C9H11N3O6/c1-11-3-5(12(17)18)2-7(11)8(14)10-6(4-13)9(15)16/h2-3,6,13H,4H2,1H3,(H,10,14)(H,15,16)/t6-/m0/s1. The molecule has 18 heavy (non-hydrogen) atoms. The Bertz CT molecular complexity index is 494. The minimum atomic E-state index is -1.45. The third-order valence-corrected chi connectivity index (χ3v) is 2.22. The van der Waals surface area contributed by atoms with Crippen molar-refractivity contribution < 1.29 is 24.7 Å². The average Bonchev–Trinajstić information content (AvgIpc) is 2.67. The number of aliphatic hydroxyl groups excluding tert-OH is 1. The number of carboxylic acid groups (broad SMARTS) is 1. The Labute approximate surface area is 101 Å². The molecule has 0 aliphatic carbocycles. The highest BCUT2D eigenvalue weighted by Crippen LogP contribution is 2.15. The van der Waals surface area contributed by atoms with Crippen LogP contribution in [0.25, 0.3) is 0 Å². The molecule has 0 aromatic carbocycles. The van der Waals surface area contributed by atoms with E-state index in [1.807, 2.05) is 5.32 Å². The molecule has 1 rings (SSSR count). The number of carboxylic acids is 1. The van der Waals surface area contributed by atoms with Crippen LogP contribution in [-0.2, 0) is 11.8 Å².